The maximum Gasteiger partial charge on any atom is 0.269 e. The fourth-order valence-electron chi connectivity index (χ4n) is 2.87. The van der Waals surface area contributed by atoms with Crippen molar-refractivity contribution in [1.29, 1.82) is 0 Å². The van der Waals surface area contributed by atoms with E-state index in [1.807, 2.05) is 59.1 Å². The number of aryl methyl sites for hydroxylation is 1. The Balaban J connectivity index is 1.43. The highest BCUT2D eigenvalue weighted by Gasteiger charge is 2.14. The van der Waals surface area contributed by atoms with Crippen LogP contribution in [-0.4, -0.2) is 36.8 Å². The lowest BCUT2D eigenvalue weighted by molar-refractivity contribution is 0.0944. The Bertz CT molecular complexity index is 1050. The zero-order valence-corrected chi connectivity index (χ0v) is 14.3. The quantitative estimate of drug-likeness (QED) is 0.600. The van der Waals surface area contributed by atoms with Gasteiger partial charge in [-0.2, -0.15) is 5.10 Å². The number of hydrogen-bond acceptors (Lipinski definition) is 4. The van der Waals surface area contributed by atoms with E-state index in [-0.39, 0.29) is 5.91 Å². The van der Waals surface area contributed by atoms with Crippen molar-refractivity contribution in [2.75, 3.05) is 6.54 Å². The second-order valence-corrected chi connectivity index (χ2v) is 5.96. The molecule has 0 aliphatic heterocycles. The van der Waals surface area contributed by atoms with Gasteiger partial charge in [-0.3, -0.25) is 13.9 Å². The average molecular weight is 346 g/mol. The molecule has 1 N–H and O–H groups in total. The molecule has 130 valence electrons. The smallest absolute Gasteiger partial charge is 0.269 e. The van der Waals surface area contributed by atoms with E-state index in [0.717, 1.165) is 22.7 Å². The second-order valence-electron chi connectivity index (χ2n) is 5.96. The van der Waals surface area contributed by atoms with Crippen LogP contribution in [0.4, 0.5) is 0 Å². The van der Waals surface area contributed by atoms with Gasteiger partial charge in [0.2, 0.25) is 0 Å². The summed E-state index contributed by atoms with van der Waals surface area (Å²) in [6, 6.07) is 17.4. The summed E-state index contributed by atoms with van der Waals surface area (Å²) in [6.07, 6.45) is 2.51. The molecule has 4 rings (SSSR count). The molecule has 0 radical (unpaired) electrons. The molecule has 0 bridgehead atoms. The van der Waals surface area contributed by atoms with E-state index in [0.29, 0.717) is 18.7 Å². The van der Waals surface area contributed by atoms with Crippen LogP contribution in [0.5, 0.6) is 0 Å². The van der Waals surface area contributed by atoms with Crippen LogP contribution < -0.4 is 5.32 Å². The first-order valence-corrected chi connectivity index (χ1v) is 8.38. The lowest BCUT2D eigenvalue weighted by Gasteiger charge is -2.04. The summed E-state index contributed by atoms with van der Waals surface area (Å²) >= 11 is 0. The molecule has 0 fully saturated rings. The van der Waals surface area contributed by atoms with Crippen LogP contribution in [-0.2, 0) is 13.5 Å². The number of hydrogen-bond donors (Lipinski definition) is 1. The predicted molar refractivity (Wildman–Crippen MR) is 97.7 cm³/mol. The summed E-state index contributed by atoms with van der Waals surface area (Å²) in [5.41, 5.74) is 3.08. The third kappa shape index (κ3) is 3.06. The normalized spacial score (nSPS) is 11.0. The number of nitrogens with one attached hydrogen (secondary N) is 1. The van der Waals surface area contributed by atoms with Gasteiger partial charge in [0.25, 0.3) is 5.91 Å². The van der Waals surface area contributed by atoms with Crippen molar-refractivity contribution >= 4 is 11.6 Å². The van der Waals surface area contributed by atoms with Crippen molar-refractivity contribution in [2.24, 2.45) is 7.05 Å². The molecule has 0 atom stereocenters. The molecular weight excluding hydrogens is 328 g/mol. The number of pyridine rings is 1. The number of carbonyl (C=O) groups excluding carboxylic acids is 1. The van der Waals surface area contributed by atoms with Gasteiger partial charge >= 0.3 is 0 Å². The van der Waals surface area contributed by atoms with Crippen molar-refractivity contribution < 1.29 is 4.79 Å². The molecule has 0 aliphatic rings. The van der Waals surface area contributed by atoms with Gasteiger partial charge in [-0.15, -0.1) is 10.2 Å². The molecule has 7 heteroatoms. The number of carbonyl (C=O) groups is 1. The van der Waals surface area contributed by atoms with E-state index >= 15 is 0 Å². The molecule has 0 saturated heterocycles. The molecule has 1 aromatic carbocycles. The maximum atomic E-state index is 12.5. The lowest BCUT2D eigenvalue weighted by atomic mass is 10.1. The number of aromatic nitrogens is 5. The fourth-order valence-corrected chi connectivity index (χ4v) is 2.87. The van der Waals surface area contributed by atoms with Crippen LogP contribution in [0.25, 0.3) is 16.9 Å². The molecular formula is C19H18N6O. The monoisotopic (exact) mass is 346 g/mol. The molecule has 0 spiro atoms. The van der Waals surface area contributed by atoms with Gasteiger partial charge in [-0.05, 0) is 18.2 Å². The van der Waals surface area contributed by atoms with Gasteiger partial charge in [0, 0.05) is 31.8 Å². The van der Waals surface area contributed by atoms with E-state index in [1.54, 1.807) is 17.8 Å². The summed E-state index contributed by atoms with van der Waals surface area (Å²) in [4.78, 5) is 12.5. The molecule has 0 unspecified atom stereocenters. The highest BCUT2D eigenvalue weighted by Crippen LogP contribution is 2.18. The highest BCUT2D eigenvalue weighted by atomic mass is 16.2. The number of nitrogens with zero attached hydrogens (tertiary/aromatic N) is 5. The molecule has 0 aliphatic carbocycles. The van der Waals surface area contributed by atoms with Crippen LogP contribution >= 0.6 is 0 Å². The molecule has 4 aromatic rings. The van der Waals surface area contributed by atoms with Gasteiger partial charge in [0.15, 0.2) is 5.65 Å². The van der Waals surface area contributed by atoms with E-state index < -0.39 is 0 Å². The molecule has 3 heterocycles. The molecule has 3 aromatic heterocycles. The minimum Gasteiger partial charge on any atom is -0.350 e. The first kappa shape index (κ1) is 16.0. The van der Waals surface area contributed by atoms with E-state index in [2.05, 4.69) is 20.6 Å². The topological polar surface area (TPSA) is 77.1 Å². The van der Waals surface area contributed by atoms with Crippen LogP contribution in [0.2, 0.25) is 0 Å². The average Bonchev–Trinajstić information content (AvgIpc) is 3.26. The first-order chi connectivity index (χ1) is 12.7. The Morgan fingerprint density at radius 3 is 2.73 bits per heavy atom. The Morgan fingerprint density at radius 2 is 1.88 bits per heavy atom. The van der Waals surface area contributed by atoms with Gasteiger partial charge in [-0.25, -0.2) is 0 Å². The third-order valence-electron chi connectivity index (χ3n) is 4.20. The summed E-state index contributed by atoms with van der Waals surface area (Å²) in [5, 5.41) is 15.6. The Morgan fingerprint density at radius 1 is 1.08 bits per heavy atom. The largest absolute Gasteiger partial charge is 0.350 e. The summed E-state index contributed by atoms with van der Waals surface area (Å²) in [6.45, 7) is 0.473. The van der Waals surface area contributed by atoms with Gasteiger partial charge < -0.3 is 5.32 Å². The van der Waals surface area contributed by atoms with E-state index in [9.17, 15) is 4.79 Å². The van der Waals surface area contributed by atoms with Crippen molar-refractivity contribution in [1.82, 2.24) is 29.7 Å². The van der Waals surface area contributed by atoms with Crippen molar-refractivity contribution in [2.45, 2.75) is 6.42 Å². The zero-order chi connectivity index (χ0) is 17.9. The lowest BCUT2D eigenvalue weighted by Crippen LogP contribution is -2.28. The summed E-state index contributed by atoms with van der Waals surface area (Å²) in [5.74, 6) is 0.659. The number of amides is 1. The van der Waals surface area contributed by atoms with Gasteiger partial charge in [0.05, 0.1) is 5.69 Å². The van der Waals surface area contributed by atoms with Crippen LogP contribution in [0.1, 0.15) is 16.3 Å². The summed E-state index contributed by atoms with van der Waals surface area (Å²) in [7, 11) is 1.77. The minimum absolute atomic E-state index is 0.156. The third-order valence-corrected chi connectivity index (χ3v) is 4.20. The number of fused-ring (bicyclic) bond motifs is 1. The van der Waals surface area contributed by atoms with E-state index in [4.69, 9.17) is 0 Å². The predicted octanol–water partition coefficient (Wildman–Crippen LogP) is 2.10. The number of rotatable bonds is 5. The van der Waals surface area contributed by atoms with Crippen LogP contribution in [0, 0.1) is 0 Å². The number of benzene rings is 1. The molecule has 7 nitrogen and oxygen atoms in total. The highest BCUT2D eigenvalue weighted by molar-refractivity contribution is 5.93. The SMILES string of the molecule is Cn1nc(-c2ccccc2)cc1C(=O)NCCc1nnc2ccccn12. The van der Waals surface area contributed by atoms with Gasteiger partial charge in [0.1, 0.15) is 11.5 Å². The fraction of sp³-hybridized carbons (Fsp3) is 0.158. The molecule has 26 heavy (non-hydrogen) atoms. The Kier molecular flexibility index (Phi) is 4.18. The first-order valence-electron chi connectivity index (χ1n) is 8.38. The Labute approximate surface area is 150 Å². The van der Waals surface area contributed by atoms with Gasteiger partial charge in [-0.1, -0.05) is 36.4 Å². The van der Waals surface area contributed by atoms with E-state index in [1.165, 1.54) is 0 Å². The van der Waals surface area contributed by atoms with Crippen molar-refractivity contribution in [3.63, 3.8) is 0 Å². The van der Waals surface area contributed by atoms with Crippen LogP contribution in [0.3, 0.4) is 0 Å². The molecule has 1 amide bonds. The van der Waals surface area contributed by atoms with Crippen molar-refractivity contribution in [3.05, 3.63) is 72.3 Å². The Hall–Kier alpha value is -3.48. The van der Waals surface area contributed by atoms with Crippen LogP contribution in [0.15, 0.2) is 60.8 Å². The summed E-state index contributed by atoms with van der Waals surface area (Å²) < 4.78 is 3.52. The standard InChI is InChI=1S/C19H18N6O/c1-24-16(13-15(23-24)14-7-3-2-4-8-14)19(26)20-11-10-18-22-21-17-9-5-6-12-25(17)18/h2-9,12-13H,10-11H2,1H3,(H,20,26). The zero-order valence-electron chi connectivity index (χ0n) is 14.3. The minimum atomic E-state index is -0.156. The maximum absolute atomic E-state index is 12.5. The second kappa shape index (κ2) is 6.79. The molecule has 0 saturated carbocycles. The van der Waals surface area contributed by atoms with Crippen molar-refractivity contribution in [3.8, 4) is 11.3 Å².